The van der Waals surface area contributed by atoms with E-state index in [9.17, 15) is 14.4 Å². The van der Waals surface area contributed by atoms with Crippen LogP contribution in [0, 0.1) is 5.41 Å². The lowest BCUT2D eigenvalue weighted by Crippen LogP contribution is -2.35. The summed E-state index contributed by atoms with van der Waals surface area (Å²) >= 11 is 0. The topological polar surface area (TPSA) is 95.5 Å². The van der Waals surface area contributed by atoms with Crippen molar-refractivity contribution in [2.75, 3.05) is 13.1 Å². The van der Waals surface area contributed by atoms with Gasteiger partial charge in [-0.1, -0.05) is 32.9 Å². The number of rotatable bonds is 8. The molecule has 6 nitrogen and oxygen atoms in total. The molecule has 6 heteroatoms. The fourth-order valence-electron chi connectivity index (χ4n) is 2.01. The minimum absolute atomic E-state index is 0.0266. The van der Waals surface area contributed by atoms with Gasteiger partial charge in [0.2, 0.25) is 11.8 Å². The van der Waals surface area contributed by atoms with E-state index >= 15 is 0 Å². The summed E-state index contributed by atoms with van der Waals surface area (Å²) in [4.78, 5) is 34.3. The second kappa shape index (κ2) is 9.05. The summed E-state index contributed by atoms with van der Waals surface area (Å²) in [5, 5.41) is 14.5. The van der Waals surface area contributed by atoms with Gasteiger partial charge in [-0.2, -0.15) is 0 Å². The van der Waals surface area contributed by atoms with Crippen molar-refractivity contribution in [2.45, 2.75) is 40.0 Å². The van der Waals surface area contributed by atoms with Crippen LogP contribution in [0.3, 0.4) is 0 Å². The smallest absolute Gasteiger partial charge is 0.335 e. The average Bonchev–Trinajstić information content (AvgIpc) is 2.50. The third-order valence-corrected chi connectivity index (χ3v) is 3.46. The monoisotopic (exact) mass is 334 g/mol. The minimum Gasteiger partial charge on any atom is -0.478 e. The van der Waals surface area contributed by atoms with Crippen molar-refractivity contribution in [2.24, 2.45) is 5.41 Å². The molecule has 1 aromatic rings. The zero-order valence-electron chi connectivity index (χ0n) is 14.5. The minimum atomic E-state index is -0.960. The Bertz CT molecular complexity index is 591. The highest BCUT2D eigenvalue weighted by atomic mass is 16.4. The molecule has 3 N–H and O–H groups in total. The van der Waals surface area contributed by atoms with Gasteiger partial charge in [0.25, 0.3) is 0 Å². The molecule has 0 bridgehead atoms. The molecule has 132 valence electrons. The molecule has 2 amide bonds. The lowest BCUT2D eigenvalue weighted by atomic mass is 9.96. The Balaban J connectivity index is 2.22. The molecular weight excluding hydrogens is 308 g/mol. The van der Waals surface area contributed by atoms with Crippen molar-refractivity contribution >= 4 is 17.8 Å². The van der Waals surface area contributed by atoms with Gasteiger partial charge in [0, 0.05) is 24.9 Å². The molecule has 0 aliphatic carbocycles. The van der Waals surface area contributed by atoms with E-state index in [2.05, 4.69) is 10.6 Å². The number of amides is 2. The molecule has 0 heterocycles. The Kier molecular flexibility index (Phi) is 7.42. The Hall–Kier alpha value is -2.37. The highest BCUT2D eigenvalue weighted by Crippen LogP contribution is 2.12. The van der Waals surface area contributed by atoms with Gasteiger partial charge in [-0.15, -0.1) is 0 Å². The summed E-state index contributed by atoms with van der Waals surface area (Å²) in [6, 6.07) is 6.67. The number of hydrogen-bond donors (Lipinski definition) is 3. The SMILES string of the molecule is CC(C)(C)C(=O)NCCCC(=O)NCCc1cccc(C(=O)O)c1. The number of hydrogen-bond acceptors (Lipinski definition) is 3. The fourth-order valence-corrected chi connectivity index (χ4v) is 2.01. The van der Waals surface area contributed by atoms with E-state index in [-0.39, 0.29) is 17.4 Å². The van der Waals surface area contributed by atoms with Gasteiger partial charge in [0.05, 0.1) is 5.56 Å². The standard InChI is InChI=1S/C18H26N2O4/c1-18(2,3)17(24)20-10-5-8-15(21)19-11-9-13-6-4-7-14(12-13)16(22)23/h4,6-7,12H,5,8-11H2,1-3H3,(H,19,21)(H,20,24)(H,22,23). The molecule has 0 saturated carbocycles. The Labute approximate surface area is 142 Å². The largest absolute Gasteiger partial charge is 0.478 e. The first-order valence-electron chi connectivity index (χ1n) is 8.07. The van der Waals surface area contributed by atoms with E-state index in [0.29, 0.717) is 32.4 Å². The Morgan fingerprint density at radius 2 is 1.79 bits per heavy atom. The number of carboxylic acids is 1. The van der Waals surface area contributed by atoms with Crippen molar-refractivity contribution in [3.8, 4) is 0 Å². The van der Waals surface area contributed by atoms with Crippen LogP contribution in [0.15, 0.2) is 24.3 Å². The van der Waals surface area contributed by atoms with Gasteiger partial charge in [0.1, 0.15) is 0 Å². The number of aromatic carboxylic acids is 1. The maximum absolute atomic E-state index is 11.7. The molecule has 24 heavy (non-hydrogen) atoms. The van der Waals surface area contributed by atoms with Gasteiger partial charge < -0.3 is 15.7 Å². The summed E-state index contributed by atoms with van der Waals surface area (Å²) in [5.41, 5.74) is 0.688. The maximum atomic E-state index is 11.7. The lowest BCUT2D eigenvalue weighted by molar-refractivity contribution is -0.128. The van der Waals surface area contributed by atoms with E-state index in [1.807, 2.05) is 26.8 Å². The van der Waals surface area contributed by atoms with E-state index in [1.165, 1.54) is 6.07 Å². The van der Waals surface area contributed by atoms with Gasteiger partial charge in [0.15, 0.2) is 0 Å². The first-order chi connectivity index (χ1) is 11.2. The summed E-state index contributed by atoms with van der Waals surface area (Å²) in [6.45, 7) is 6.46. The molecule has 0 atom stereocenters. The molecule has 1 rings (SSSR count). The van der Waals surface area contributed by atoms with Crippen LogP contribution in [0.5, 0.6) is 0 Å². The maximum Gasteiger partial charge on any atom is 0.335 e. The molecular formula is C18H26N2O4. The highest BCUT2D eigenvalue weighted by Gasteiger charge is 2.20. The number of nitrogens with one attached hydrogen (secondary N) is 2. The third kappa shape index (κ3) is 7.26. The lowest BCUT2D eigenvalue weighted by Gasteiger charge is -2.17. The van der Waals surface area contributed by atoms with Crippen molar-refractivity contribution in [3.63, 3.8) is 0 Å². The fraction of sp³-hybridized carbons (Fsp3) is 0.500. The molecule has 0 saturated heterocycles. The van der Waals surface area contributed by atoms with Crippen LogP contribution in [0.25, 0.3) is 0 Å². The molecule has 0 fully saturated rings. The molecule has 0 spiro atoms. The van der Waals surface area contributed by atoms with Crippen LogP contribution in [0.2, 0.25) is 0 Å². The average molecular weight is 334 g/mol. The number of carbonyl (C=O) groups is 3. The Morgan fingerprint density at radius 1 is 1.08 bits per heavy atom. The van der Waals surface area contributed by atoms with Crippen molar-refractivity contribution in [3.05, 3.63) is 35.4 Å². The van der Waals surface area contributed by atoms with Gasteiger partial charge in [-0.3, -0.25) is 9.59 Å². The quantitative estimate of drug-likeness (QED) is 0.634. The van der Waals surface area contributed by atoms with Crippen LogP contribution in [0.4, 0.5) is 0 Å². The number of carbonyl (C=O) groups excluding carboxylic acids is 2. The molecule has 0 aliphatic rings. The number of benzene rings is 1. The van der Waals surface area contributed by atoms with Gasteiger partial charge in [-0.25, -0.2) is 4.79 Å². The second-order valence-electron chi connectivity index (χ2n) is 6.71. The molecule has 0 unspecified atom stereocenters. The van der Waals surface area contributed by atoms with E-state index < -0.39 is 11.4 Å². The first-order valence-corrected chi connectivity index (χ1v) is 8.07. The van der Waals surface area contributed by atoms with Crippen LogP contribution in [-0.2, 0) is 16.0 Å². The molecule has 0 aromatic heterocycles. The van der Waals surface area contributed by atoms with Crippen LogP contribution in [0.1, 0.15) is 49.5 Å². The first kappa shape index (κ1) is 19.7. The zero-order chi connectivity index (χ0) is 18.2. The summed E-state index contributed by atoms with van der Waals surface area (Å²) < 4.78 is 0. The predicted octanol–water partition coefficient (Wildman–Crippen LogP) is 1.99. The van der Waals surface area contributed by atoms with Crippen LogP contribution < -0.4 is 10.6 Å². The third-order valence-electron chi connectivity index (χ3n) is 3.46. The number of carboxylic acid groups (broad SMARTS) is 1. The molecule has 0 radical (unpaired) electrons. The van der Waals surface area contributed by atoms with Crippen molar-refractivity contribution < 1.29 is 19.5 Å². The van der Waals surface area contributed by atoms with Crippen molar-refractivity contribution in [1.82, 2.24) is 10.6 Å². The van der Waals surface area contributed by atoms with E-state index in [4.69, 9.17) is 5.11 Å². The molecule has 1 aromatic carbocycles. The normalized spacial score (nSPS) is 11.0. The summed E-state index contributed by atoms with van der Waals surface area (Å²) in [6.07, 6.45) is 1.51. The van der Waals surface area contributed by atoms with Gasteiger partial charge in [-0.05, 0) is 30.5 Å². The molecule has 0 aliphatic heterocycles. The zero-order valence-corrected chi connectivity index (χ0v) is 14.5. The second-order valence-corrected chi connectivity index (χ2v) is 6.71. The predicted molar refractivity (Wildman–Crippen MR) is 91.8 cm³/mol. The Morgan fingerprint density at radius 3 is 2.42 bits per heavy atom. The summed E-state index contributed by atoms with van der Waals surface area (Å²) in [7, 11) is 0. The summed E-state index contributed by atoms with van der Waals surface area (Å²) in [5.74, 6) is -1.06. The van der Waals surface area contributed by atoms with Gasteiger partial charge >= 0.3 is 5.97 Å². The van der Waals surface area contributed by atoms with E-state index in [0.717, 1.165) is 5.56 Å². The van der Waals surface area contributed by atoms with E-state index in [1.54, 1.807) is 12.1 Å². The van der Waals surface area contributed by atoms with Crippen molar-refractivity contribution in [1.29, 1.82) is 0 Å². The van der Waals surface area contributed by atoms with Crippen LogP contribution >= 0.6 is 0 Å². The highest BCUT2D eigenvalue weighted by molar-refractivity contribution is 5.87. The van der Waals surface area contributed by atoms with Crippen LogP contribution in [-0.4, -0.2) is 36.0 Å².